The number of para-hydroxylation sites is 2. The van der Waals surface area contributed by atoms with E-state index < -0.39 is 31.3 Å². The van der Waals surface area contributed by atoms with Gasteiger partial charge in [0.05, 0.1) is 34.5 Å². The average Bonchev–Trinajstić information content (AvgIpc) is 3.74. The van der Waals surface area contributed by atoms with Crippen LogP contribution in [-0.4, -0.2) is 121 Å². The molecule has 1 aliphatic rings. The maximum atomic E-state index is 15.3. The topological polar surface area (TPSA) is 207 Å². The van der Waals surface area contributed by atoms with Crippen LogP contribution in [0.25, 0.3) is 53.2 Å². The number of alkyl halides is 1. The summed E-state index contributed by atoms with van der Waals surface area (Å²) < 4.78 is 69.8. The second-order valence-corrected chi connectivity index (χ2v) is 20.9. The Balaban J connectivity index is 1.00. The number of methoxy groups -OCH3 is 1. The number of hydrogen-bond acceptors (Lipinski definition) is 15. The first-order valence-corrected chi connectivity index (χ1v) is 25.5. The third kappa shape index (κ3) is 10.3. The molecular weight excluding hydrogens is 1070 g/mol. The number of phenolic OH excluding ortho intramolecular Hbond substituents is 1. The molecule has 1 unspecified atom stereocenters. The Morgan fingerprint density at radius 2 is 1.59 bits per heavy atom. The van der Waals surface area contributed by atoms with E-state index in [0.717, 1.165) is 26.2 Å². The van der Waals surface area contributed by atoms with E-state index in [-0.39, 0.29) is 41.7 Å². The second kappa shape index (κ2) is 20.3. The highest BCUT2D eigenvalue weighted by Gasteiger charge is 2.41. The first-order chi connectivity index (χ1) is 33.2. The minimum Gasteiger partial charge on any atom is -0.504 e. The number of thiophene rings is 1. The Hall–Kier alpha value is -5.75. The van der Waals surface area contributed by atoms with Gasteiger partial charge in [0.2, 0.25) is 5.88 Å². The van der Waals surface area contributed by atoms with Crippen LogP contribution in [0.15, 0.2) is 91.4 Å². The summed E-state index contributed by atoms with van der Waals surface area (Å²) in [6.07, 6.45) is 3.11. The van der Waals surface area contributed by atoms with Gasteiger partial charge in [-0.2, -0.15) is 8.42 Å². The molecule has 0 spiro atoms. The fourth-order valence-electron chi connectivity index (χ4n) is 8.48. The van der Waals surface area contributed by atoms with Gasteiger partial charge in [-0.25, -0.2) is 29.1 Å². The summed E-state index contributed by atoms with van der Waals surface area (Å²) in [7, 11) is -2.42. The van der Waals surface area contributed by atoms with Crippen LogP contribution < -0.4 is 18.9 Å². The molecule has 3 N–H and O–H groups in total. The summed E-state index contributed by atoms with van der Waals surface area (Å²) in [5.41, 5.74) is 1.84. The lowest BCUT2D eigenvalue weighted by atomic mass is 9.96. The van der Waals surface area contributed by atoms with Crippen LogP contribution >= 0.6 is 45.5 Å². The fraction of sp³-hybridized carbons (Fsp3) is 0.271. The number of hydrogen-bond donors (Lipinski definition) is 3. The smallest absolute Gasteiger partial charge is 0.358 e. The second-order valence-electron chi connectivity index (χ2n) is 16.2. The van der Waals surface area contributed by atoms with Crippen LogP contribution in [0.2, 0.25) is 5.02 Å². The Morgan fingerprint density at radius 1 is 0.870 bits per heavy atom. The van der Waals surface area contributed by atoms with Crippen molar-refractivity contribution < 1.29 is 51.3 Å². The molecule has 1 aliphatic heterocycles. The average molecular weight is 1110 g/mol. The molecule has 21 heteroatoms. The zero-order valence-electron chi connectivity index (χ0n) is 36.8. The van der Waals surface area contributed by atoms with Crippen molar-refractivity contribution in [2.24, 2.45) is 0 Å². The van der Waals surface area contributed by atoms with E-state index in [2.05, 4.69) is 24.8 Å². The van der Waals surface area contributed by atoms with E-state index in [4.69, 9.17) is 40.1 Å². The molecule has 3 aromatic heterocycles. The van der Waals surface area contributed by atoms with Gasteiger partial charge in [0, 0.05) is 71.6 Å². The number of piperazine rings is 1. The van der Waals surface area contributed by atoms with Crippen molar-refractivity contribution in [3.8, 4) is 40.3 Å². The van der Waals surface area contributed by atoms with Gasteiger partial charge in [-0.05, 0) is 95.0 Å². The molecule has 0 amide bonds. The molecule has 1 fully saturated rings. The number of fused-ring (bicyclic) bond motifs is 8. The number of aromatic hydroxyl groups is 1. The number of aromatic nitrogens is 4. The largest absolute Gasteiger partial charge is 0.504 e. The Morgan fingerprint density at radius 3 is 2.35 bits per heavy atom. The van der Waals surface area contributed by atoms with E-state index in [1.807, 2.05) is 24.3 Å². The van der Waals surface area contributed by atoms with E-state index in [0.29, 0.717) is 95.9 Å². The summed E-state index contributed by atoms with van der Waals surface area (Å²) >= 11 is 10.2. The number of halogens is 3. The van der Waals surface area contributed by atoms with Crippen LogP contribution in [0, 0.1) is 5.82 Å². The number of rotatable bonds is 18. The monoisotopic (exact) mass is 1110 g/mol. The molecule has 358 valence electrons. The maximum absolute atomic E-state index is 15.3. The van der Waals surface area contributed by atoms with Crippen molar-refractivity contribution >= 4 is 103 Å². The fourth-order valence-corrected chi connectivity index (χ4v) is 11.1. The molecule has 9 rings (SSSR count). The number of aliphatic carboxylic acids is 1. The van der Waals surface area contributed by atoms with E-state index in [1.165, 1.54) is 23.7 Å². The summed E-state index contributed by atoms with van der Waals surface area (Å²) in [5, 5.41) is 24.7. The van der Waals surface area contributed by atoms with Crippen LogP contribution in [-0.2, 0) is 27.9 Å². The highest BCUT2D eigenvalue weighted by molar-refractivity contribution is 14.1. The third-order valence-electron chi connectivity index (χ3n) is 11.9. The molecule has 8 aromatic rings. The number of nitrogens with zero attached hydrogens (tertiary/aromatic N) is 6. The van der Waals surface area contributed by atoms with Gasteiger partial charge in [-0.15, -0.1) is 11.3 Å². The van der Waals surface area contributed by atoms with Crippen LogP contribution in [0.1, 0.15) is 17.7 Å². The van der Waals surface area contributed by atoms with Gasteiger partial charge >= 0.3 is 5.97 Å². The Labute approximate surface area is 417 Å². The van der Waals surface area contributed by atoms with Crippen molar-refractivity contribution in [3.63, 3.8) is 0 Å². The van der Waals surface area contributed by atoms with Crippen molar-refractivity contribution in [2.75, 3.05) is 58.7 Å². The minimum absolute atomic E-state index is 0.0201. The Kier molecular flexibility index (Phi) is 14.2. The predicted octanol–water partition coefficient (Wildman–Crippen LogP) is 8.81. The van der Waals surface area contributed by atoms with Crippen LogP contribution in [0.4, 0.5) is 4.39 Å². The lowest BCUT2D eigenvalue weighted by Crippen LogP contribution is -2.47. The summed E-state index contributed by atoms with van der Waals surface area (Å²) in [6, 6.07) is 22.4. The zero-order chi connectivity index (χ0) is 48.5. The quantitative estimate of drug-likeness (QED) is 0.0318. The molecule has 0 aliphatic carbocycles. The Bertz CT molecular complexity index is 3360. The number of phenols is 1. The zero-order valence-corrected chi connectivity index (χ0v) is 41.3. The van der Waals surface area contributed by atoms with Gasteiger partial charge in [-0.3, -0.25) is 9.45 Å². The van der Waals surface area contributed by atoms with Crippen LogP contribution in [0.3, 0.4) is 0 Å². The van der Waals surface area contributed by atoms with Gasteiger partial charge in [0.15, 0.2) is 17.4 Å². The van der Waals surface area contributed by atoms with Crippen molar-refractivity contribution in [2.45, 2.75) is 23.1 Å². The molecule has 1 saturated heterocycles. The van der Waals surface area contributed by atoms with Crippen molar-refractivity contribution in [1.29, 1.82) is 0 Å². The highest BCUT2D eigenvalue weighted by Crippen LogP contribution is 2.51. The van der Waals surface area contributed by atoms with E-state index >= 15 is 4.39 Å². The number of carbonyl (C=O) groups is 1. The third-order valence-corrected chi connectivity index (χ3v) is 15.2. The summed E-state index contributed by atoms with van der Waals surface area (Å²) in [5.74, 6) is -1.21. The molecular formula is C48H43ClFIN6O10S2. The first-order valence-electron chi connectivity index (χ1n) is 21.6. The molecule has 69 heavy (non-hydrogen) atoms. The van der Waals surface area contributed by atoms with Gasteiger partial charge < -0.3 is 34.1 Å². The van der Waals surface area contributed by atoms with Crippen molar-refractivity contribution in [3.05, 3.63) is 113 Å². The SMILES string of the molecule is COc1ccccc1-c1nccc(COc2ccccc2CC(I)(Oc2ncnc3sc4c5ccc(F)c(O)c5c5c(Cl)c(OCCN6CCN(CCCS(=O)(=O)O)CC6)ccc5c4c23)C(=O)O)n1. The standard InChI is InChI=1S/C48H43ClFIN6O10S2/c1-64-35-10-5-3-8-30(35)44-52-16-15-29(55-44)26-66-34-9-4-2-7-28(34)25-48(51,47(59)60)67-45-40-39-31-12-14-36(65-23-22-57-20-18-56(19-21-57)17-6-24-69(61,62)63)41(49)37(31)38-32(11-13-33(50)42(38)58)43(39)68-46(40)54-27-53-45/h2-5,7-16,27,58H,6,17-26H2,1H3,(H,59,60)(H,61,62,63). The molecule has 0 radical (unpaired) electrons. The lowest BCUT2D eigenvalue weighted by Gasteiger charge is -2.34. The molecule has 0 saturated carbocycles. The molecule has 0 bridgehead atoms. The summed E-state index contributed by atoms with van der Waals surface area (Å²) in [4.78, 5) is 36.3. The molecule has 1 atom stereocenters. The number of carboxylic acid groups (broad SMARTS) is 1. The van der Waals surface area contributed by atoms with E-state index in [1.54, 1.807) is 84.4 Å². The van der Waals surface area contributed by atoms with Crippen molar-refractivity contribution in [1.82, 2.24) is 29.7 Å². The minimum atomic E-state index is -4.00. The maximum Gasteiger partial charge on any atom is 0.358 e. The summed E-state index contributed by atoms with van der Waals surface area (Å²) in [6.45, 7) is 4.34. The lowest BCUT2D eigenvalue weighted by molar-refractivity contribution is -0.146. The molecule has 4 heterocycles. The van der Waals surface area contributed by atoms with Gasteiger partial charge in [-0.1, -0.05) is 41.9 Å². The number of ether oxygens (including phenoxy) is 4. The first kappa shape index (κ1) is 48.3. The number of carboxylic acids is 1. The number of benzene rings is 5. The molecule has 16 nitrogen and oxygen atoms in total. The highest BCUT2D eigenvalue weighted by atomic mass is 127. The van der Waals surface area contributed by atoms with E-state index in [9.17, 15) is 23.4 Å². The van der Waals surface area contributed by atoms with Gasteiger partial charge in [0.1, 0.15) is 41.6 Å². The van der Waals surface area contributed by atoms with Gasteiger partial charge in [0.25, 0.3) is 13.7 Å². The normalized spacial score (nSPS) is 14.6. The predicted molar refractivity (Wildman–Crippen MR) is 269 cm³/mol. The van der Waals surface area contributed by atoms with Crippen LogP contribution in [0.5, 0.6) is 28.9 Å². The molecule has 5 aromatic carbocycles.